The van der Waals surface area contributed by atoms with Crippen LogP contribution in [0.2, 0.25) is 0 Å². The van der Waals surface area contributed by atoms with Crippen LogP contribution in [0.1, 0.15) is 150 Å². The summed E-state index contributed by atoms with van der Waals surface area (Å²) < 4.78 is 0. The molecule has 3 heteroatoms. The summed E-state index contributed by atoms with van der Waals surface area (Å²) in [6.07, 6.45) is 29.0. The van der Waals surface area contributed by atoms with Gasteiger partial charge in [-0.3, -0.25) is 9.69 Å². The van der Waals surface area contributed by atoms with Gasteiger partial charge in [0.2, 0.25) is 0 Å². The van der Waals surface area contributed by atoms with Crippen molar-refractivity contribution >= 4 is 5.97 Å². The Morgan fingerprint density at radius 2 is 1.51 bits per heavy atom. The summed E-state index contributed by atoms with van der Waals surface area (Å²) in [4.78, 5) is 14.4. The number of hydrogen-bond donors (Lipinski definition) is 1. The summed E-state index contributed by atoms with van der Waals surface area (Å²) in [6.45, 7) is 19.5. The first-order valence-electron chi connectivity index (χ1n) is 16.7. The minimum atomic E-state index is -0.615. The SMILES string of the molecule is C/C=C\CC.C=C.CC/C=C(\C)C1CC(CC(=O)O)CCCC1N(CCCCCCCC)CC1CCCCC1. The molecule has 0 amide bonds. The van der Waals surface area contributed by atoms with Crippen molar-refractivity contribution in [3.8, 4) is 0 Å². The van der Waals surface area contributed by atoms with Crippen molar-refractivity contribution in [2.24, 2.45) is 17.8 Å². The van der Waals surface area contributed by atoms with Crippen LogP contribution in [0.3, 0.4) is 0 Å². The third kappa shape index (κ3) is 17.9. The van der Waals surface area contributed by atoms with Crippen molar-refractivity contribution in [1.82, 2.24) is 4.90 Å². The van der Waals surface area contributed by atoms with Gasteiger partial charge in [-0.05, 0) is 89.5 Å². The fraction of sp³-hybridized carbons (Fsp3) is 0.806. The number of unbranched alkanes of at least 4 members (excludes halogenated alkanes) is 5. The molecular formula is C36H67NO2. The Hall–Kier alpha value is -1.35. The smallest absolute Gasteiger partial charge is 0.303 e. The Balaban J connectivity index is 0.00000185. The largest absolute Gasteiger partial charge is 0.481 e. The Morgan fingerprint density at radius 3 is 2.08 bits per heavy atom. The lowest BCUT2D eigenvalue weighted by atomic mass is 9.81. The van der Waals surface area contributed by atoms with Crippen LogP contribution in [0.5, 0.6) is 0 Å². The molecule has 0 bridgehead atoms. The average molecular weight is 546 g/mol. The number of nitrogens with zero attached hydrogens (tertiary/aromatic N) is 1. The summed E-state index contributed by atoms with van der Waals surface area (Å²) in [7, 11) is 0. The maximum atomic E-state index is 11.5. The summed E-state index contributed by atoms with van der Waals surface area (Å²) >= 11 is 0. The number of aliphatic carboxylic acids is 1. The second-order valence-electron chi connectivity index (χ2n) is 11.9. The van der Waals surface area contributed by atoms with Gasteiger partial charge in [-0.2, -0.15) is 0 Å². The summed E-state index contributed by atoms with van der Waals surface area (Å²) in [5, 5.41) is 9.46. The Kier molecular flexibility index (Phi) is 24.7. The van der Waals surface area contributed by atoms with E-state index in [-0.39, 0.29) is 0 Å². The number of carboxylic acids is 1. The second kappa shape index (κ2) is 25.6. The van der Waals surface area contributed by atoms with Crippen LogP contribution < -0.4 is 0 Å². The Morgan fingerprint density at radius 1 is 0.872 bits per heavy atom. The normalized spacial score (nSPS) is 22.5. The third-order valence-electron chi connectivity index (χ3n) is 8.70. The van der Waals surface area contributed by atoms with Gasteiger partial charge < -0.3 is 5.11 Å². The summed E-state index contributed by atoms with van der Waals surface area (Å²) in [6, 6.07) is 0.606. The molecule has 3 unspecified atom stereocenters. The molecule has 2 aliphatic carbocycles. The van der Waals surface area contributed by atoms with E-state index in [1.54, 1.807) is 0 Å². The van der Waals surface area contributed by atoms with E-state index in [4.69, 9.17) is 0 Å². The molecule has 3 nitrogen and oxygen atoms in total. The standard InChI is InChI=1S/C29H53NO2.C5H10.C2H4/c1-4-6-7-8-9-13-20-30(23-25-16-11-10-12-17-25)28-19-14-18-26(22-29(31)32)21-27(28)24(3)15-5-2;1-3-5-4-2;1-2/h15,25-28H,4-14,16-23H2,1-3H3,(H,31,32);3,5H,4H2,1-2H3;1-2H2/b24-15+;5-3-;. The van der Waals surface area contributed by atoms with Crippen molar-refractivity contribution < 1.29 is 9.90 Å². The molecule has 2 rings (SSSR count). The van der Waals surface area contributed by atoms with Gasteiger partial charge in [-0.25, -0.2) is 0 Å². The van der Waals surface area contributed by atoms with Crippen LogP contribution in [0.4, 0.5) is 0 Å². The van der Waals surface area contributed by atoms with Gasteiger partial charge in [0.25, 0.3) is 0 Å². The highest BCUT2D eigenvalue weighted by molar-refractivity contribution is 5.67. The van der Waals surface area contributed by atoms with Crippen molar-refractivity contribution in [1.29, 1.82) is 0 Å². The molecular weight excluding hydrogens is 478 g/mol. The number of allylic oxidation sites excluding steroid dienone is 3. The van der Waals surface area contributed by atoms with Crippen LogP contribution in [0.25, 0.3) is 0 Å². The van der Waals surface area contributed by atoms with Crippen LogP contribution in [-0.4, -0.2) is 35.1 Å². The van der Waals surface area contributed by atoms with Crippen LogP contribution in [0.15, 0.2) is 37.0 Å². The zero-order chi connectivity index (χ0) is 29.3. The molecule has 0 radical (unpaired) electrons. The quantitative estimate of drug-likeness (QED) is 0.126. The van der Waals surface area contributed by atoms with E-state index in [1.807, 2.05) is 6.92 Å². The van der Waals surface area contributed by atoms with E-state index in [2.05, 4.69) is 64.0 Å². The highest BCUT2D eigenvalue weighted by Gasteiger charge is 2.34. The van der Waals surface area contributed by atoms with Crippen molar-refractivity contribution in [3.63, 3.8) is 0 Å². The first-order chi connectivity index (χ1) is 19.0. The van der Waals surface area contributed by atoms with Crippen molar-refractivity contribution in [2.45, 2.75) is 156 Å². The molecule has 3 atom stereocenters. The zero-order valence-electron chi connectivity index (χ0n) is 26.9. The first-order valence-corrected chi connectivity index (χ1v) is 16.7. The predicted octanol–water partition coefficient (Wildman–Crippen LogP) is 11.0. The summed E-state index contributed by atoms with van der Waals surface area (Å²) in [5.74, 6) is 1.13. The molecule has 2 aliphatic rings. The molecule has 0 aliphatic heterocycles. The Bertz CT molecular complexity index is 634. The number of carbonyl (C=O) groups is 1. The monoisotopic (exact) mass is 546 g/mol. The fourth-order valence-electron chi connectivity index (χ4n) is 6.71. The van der Waals surface area contributed by atoms with Gasteiger partial charge in [0, 0.05) is 19.0 Å². The molecule has 0 spiro atoms. The van der Waals surface area contributed by atoms with E-state index in [0.717, 1.165) is 31.6 Å². The highest BCUT2D eigenvalue weighted by atomic mass is 16.4. The van der Waals surface area contributed by atoms with E-state index in [1.165, 1.54) is 102 Å². The molecule has 0 aromatic heterocycles. The number of hydrogen-bond acceptors (Lipinski definition) is 2. The molecule has 0 aromatic rings. The topological polar surface area (TPSA) is 40.5 Å². The summed E-state index contributed by atoms with van der Waals surface area (Å²) in [5.41, 5.74) is 1.52. The Labute approximate surface area is 244 Å². The lowest BCUT2D eigenvalue weighted by Gasteiger charge is -2.40. The maximum absolute atomic E-state index is 11.5. The zero-order valence-corrected chi connectivity index (χ0v) is 26.9. The van der Waals surface area contributed by atoms with Gasteiger partial charge in [0.05, 0.1) is 0 Å². The average Bonchev–Trinajstić information content (AvgIpc) is 3.15. The fourth-order valence-corrected chi connectivity index (χ4v) is 6.71. The molecule has 2 fully saturated rings. The van der Waals surface area contributed by atoms with Crippen LogP contribution >= 0.6 is 0 Å². The first kappa shape index (κ1) is 37.6. The molecule has 0 aromatic carbocycles. The molecule has 0 heterocycles. The van der Waals surface area contributed by atoms with Gasteiger partial charge >= 0.3 is 5.97 Å². The van der Waals surface area contributed by atoms with Crippen LogP contribution in [-0.2, 0) is 4.79 Å². The molecule has 1 N–H and O–H groups in total. The number of rotatable bonds is 15. The van der Waals surface area contributed by atoms with E-state index < -0.39 is 5.97 Å². The van der Waals surface area contributed by atoms with Gasteiger partial charge in [-0.15, -0.1) is 13.2 Å². The molecule has 2 saturated carbocycles. The van der Waals surface area contributed by atoms with Gasteiger partial charge in [0.1, 0.15) is 0 Å². The van der Waals surface area contributed by atoms with E-state index in [0.29, 0.717) is 24.3 Å². The third-order valence-corrected chi connectivity index (χ3v) is 8.70. The maximum Gasteiger partial charge on any atom is 0.303 e. The minimum absolute atomic E-state index is 0.341. The lowest BCUT2D eigenvalue weighted by Crippen LogP contribution is -2.44. The van der Waals surface area contributed by atoms with Crippen molar-refractivity contribution in [3.05, 3.63) is 37.0 Å². The second-order valence-corrected chi connectivity index (χ2v) is 11.9. The predicted molar refractivity (Wildman–Crippen MR) is 173 cm³/mol. The number of carboxylic acid groups (broad SMARTS) is 1. The molecule has 39 heavy (non-hydrogen) atoms. The van der Waals surface area contributed by atoms with E-state index in [9.17, 15) is 9.90 Å². The van der Waals surface area contributed by atoms with Gasteiger partial charge in [0.15, 0.2) is 0 Å². The lowest BCUT2D eigenvalue weighted by molar-refractivity contribution is -0.138. The van der Waals surface area contributed by atoms with Gasteiger partial charge in [-0.1, -0.05) is 102 Å². The minimum Gasteiger partial charge on any atom is -0.481 e. The van der Waals surface area contributed by atoms with Crippen molar-refractivity contribution in [2.75, 3.05) is 13.1 Å². The highest BCUT2D eigenvalue weighted by Crippen LogP contribution is 2.38. The molecule has 228 valence electrons. The molecule has 0 saturated heterocycles. The van der Waals surface area contributed by atoms with Crippen LogP contribution in [0, 0.1) is 17.8 Å². The van der Waals surface area contributed by atoms with E-state index >= 15 is 0 Å².